The third-order valence-electron chi connectivity index (χ3n) is 12.0. The van der Waals surface area contributed by atoms with Gasteiger partial charge in [-0.25, -0.2) is 0 Å². The number of benzene rings is 7. The maximum atomic E-state index is 6.91. The second-order valence-electron chi connectivity index (χ2n) is 15.6. The van der Waals surface area contributed by atoms with Gasteiger partial charge in [0.1, 0.15) is 18.0 Å². The number of para-hydroxylation sites is 1. The first-order chi connectivity index (χ1) is 29.2. The van der Waals surface area contributed by atoms with E-state index in [2.05, 4.69) is 193 Å². The van der Waals surface area contributed by atoms with Gasteiger partial charge in [-0.1, -0.05) is 158 Å². The van der Waals surface area contributed by atoms with Crippen LogP contribution >= 0.6 is 11.3 Å². The molecule has 1 aliphatic carbocycles. The molecule has 1 aromatic heterocycles. The van der Waals surface area contributed by atoms with E-state index in [0.29, 0.717) is 0 Å². The lowest BCUT2D eigenvalue weighted by molar-refractivity contribution is 0.275. The molecule has 0 bridgehead atoms. The summed E-state index contributed by atoms with van der Waals surface area (Å²) in [6.07, 6.45) is 8.08. The number of aliphatic imine (C=N–C) groups is 1. The predicted molar refractivity (Wildman–Crippen MR) is 248 cm³/mol. The minimum atomic E-state index is -0.287. The quantitative estimate of drug-likeness (QED) is 0.182. The van der Waals surface area contributed by atoms with Gasteiger partial charge in [-0.2, -0.15) is 0 Å². The molecule has 11 rings (SSSR count). The number of rotatable bonds is 6. The van der Waals surface area contributed by atoms with Crippen molar-refractivity contribution in [2.24, 2.45) is 4.99 Å². The molecule has 0 spiro atoms. The fourth-order valence-corrected chi connectivity index (χ4v) is 10.2. The minimum Gasteiger partial charge on any atom is -0.485 e. The highest BCUT2D eigenvalue weighted by Gasteiger charge is 2.36. The van der Waals surface area contributed by atoms with Crippen LogP contribution < -0.4 is 10.1 Å². The van der Waals surface area contributed by atoms with Crippen LogP contribution in [0.1, 0.15) is 54.1 Å². The summed E-state index contributed by atoms with van der Waals surface area (Å²) in [6, 6.07) is 63.3. The van der Waals surface area contributed by atoms with Crippen LogP contribution in [0.25, 0.3) is 53.6 Å². The van der Waals surface area contributed by atoms with Crippen molar-refractivity contribution in [1.82, 2.24) is 5.32 Å². The number of ether oxygens (including phenoxy) is 1. The molecular weight excluding hydrogens is 737 g/mol. The van der Waals surface area contributed by atoms with Crippen LogP contribution in [-0.2, 0) is 0 Å². The largest absolute Gasteiger partial charge is 0.485 e. The van der Waals surface area contributed by atoms with E-state index in [9.17, 15) is 0 Å². The number of hydrogen-bond acceptors (Lipinski definition) is 4. The topological polar surface area (TPSA) is 33.6 Å². The van der Waals surface area contributed by atoms with Crippen molar-refractivity contribution in [3.8, 4) is 28.0 Å². The molecule has 1 N–H and O–H groups in total. The lowest BCUT2D eigenvalue weighted by Gasteiger charge is -2.28. The Labute approximate surface area is 349 Å². The Morgan fingerprint density at radius 2 is 1.25 bits per heavy atom. The summed E-state index contributed by atoms with van der Waals surface area (Å²) in [6.45, 7) is 0. The first kappa shape index (κ1) is 35.4. The maximum Gasteiger partial charge on any atom is 0.145 e. The fraction of sp³-hybridized carbons (Fsp3) is 0.109. The summed E-state index contributed by atoms with van der Waals surface area (Å²) in [4.78, 5) is 5.56. The zero-order valence-corrected chi connectivity index (χ0v) is 33.5. The average molecular weight is 779 g/mol. The number of nitrogens with one attached hydrogen (secondary N) is 1. The fourth-order valence-electron chi connectivity index (χ4n) is 9.11. The molecule has 2 unspecified atom stereocenters. The molecule has 284 valence electrons. The molecule has 0 amide bonds. The Balaban J connectivity index is 1.07. The molecule has 0 saturated carbocycles. The van der Waals surface area contributed by atoms with E-state index in [1.54, 1.807) is 0 Å². The van der Waals surface area contributed by atoms with E-state index < -0.39 is 0 Å². The summed E-state index contributed by atoms with van der Waals surface area (Å²) in [5.74, 6) is 0.953. The molecule has 0 fully saturated rings. The molecule has 4 heteroatoms. The molecule has 0 radical (unpaired) electrons. The maximum absolute atomic E-state index is 6.91. The molecular formula is C55H42N2OS. The van der Waals surface area contributed by atoms with Crippen molar-refractivity contribution in [1.29, 1.82) is 0 Å². The molecule has 3 heterocycles. The number of nitrogens with zero attached hydrogens (tertiary/aromatic N) is 1. The molecule has 0 saturated heterocycles. The van der Waals surface area contributed by atoms with E-state index in [4.69, 9.17) is 9.73 Å². The second-order valence-corrected chi connectivity index (χ2v) is 16.7. The molecule has 2 aliphatic heterocycles. The highest BCUT2D eigenvalue weighted by atomic mass is 32.1. The number of fused-ring (bicyclic) bond motifs is 6. The molecule has 2 atom stereocenters. The Morgan fingerprint density at radius 1 is 0.576 bits per heavy atom. The third kappa shape index (κ3) is 6.70. The van der Waals surface area contributed by atoms with Gasteiger partial charge in [0, 0.05) is 49.1 Å². The van der Waals surface area contributed by atoms with Crippen LogP contribution in [0, 0.1) is 0 Å². The van der Waals surface area contributed by atoms with Gasteiger partial charge < -0.3 is 10.1 Å². The third-order valence-corrected chi connectivity index (χ3v) is 13.1. The average Bonchev–Trinajstić information content (AvgIpc) is 3.90. The zero-order valence-electron chi connectivity index (χ0n) is 32.6. The van der Waals surface area contributed by atoms with E-state index in [-0.39, 0.29) is 12.3 Å². The normalized spacial score (nSPS) is 19.5. The van der Waals surface area contributed by atoms with Crippen LogP contribution in [0.15, 0.2) is 204 Å². The Morgan fingerprint density at radius 3 is 2.05 bits per heavy atom. The Kier molecular flexibility index (Phi) is 9.13. The van der Waals surface area contributed by atoms with Gasteiger partial charge in [0.25, 0.3) is 0 Å². The second kappa shape index (κ2) is 15.2. The SMILES string of the molecule is C1=C(/C2=C\CCC/C(c3ccccc3)=N\C(c3ccc(-c4ccccc4)cc3)N2)CC2Oc3ccccc3C2=C1c1cc2sc3ccccc3c2cc1-c1ccccc1. The highest BCUT2D eigenvalue weighted by Crippen LogP contribution is 2.50. The van der Waals surface area contributed by atoms with Crippen molar-refractivity contribution in [2.45, 2.75) is 38.0 Å². The zero-order chi connectivity index (χ0) is 39.1. The first-order valence-electron chi connectivity index (χ1n) is 20.7. The van der Waals surface area contributed by atoms with E-state index >= 15 is 0 Å². The van der Waals surface area contributed by atoms with Gasteiger partial charge >= 0.3 is 0 Å². The van der Waals surface area contributed by atoms with Crippen LogP contribution in [0.3, 0.4) is 0 Å². The van der Waals surface area contributed by atoms with Crippen LogP contribution in [0.5, 0.6) is 5.75 Å². The summed E-state index contributed by atoms with van der Waals surface area (Å²) in [5.41, 5.74) is 15.5. The molecule has 3 aliphatic rings. The van der Waals surface area contributed by atoms with Crippen LogP contribution in [-0.4, -0.2) is 11.8 Å². The number of thiophene rings is 1. The van der Waals surface area contributed by atoms with Gasteiger partial charge in [-0.15, -0.1) is 11.3 Å². The predicted octanol–water partition coefficient (Wildman–Crippen LogP) is 14.2. The smallest absolute Gasteiger partial charge is 0.145 e. The number of allylic oxidation sites excluding steroid dienone is 4. The molecule has 7 aromatic carbocycles. The lowest BCUT2D eigenvalue weighted by Crippen LogP contribution is -2.25. The summed E-state index contributed by atoms with van der Waals surface area (Å²) < 4.78 is 9.51. The molecule has 3 nitrogen and oxygen atoms in total. The standard InChI is InChI=1S/C55H42N2OS/c1-4-16-36(17-5-1)37-28-30-40(31-29-37)55-56-48(39-20-8-3-9-21-39)24-12-13-25-49(57-55)41-32-47(54-43-23-10-14-26-50(43)58-51(54)33-41)45-35-53-46(42-22-11-15-27-52(42)59-53)34-44(45)38-18-6-2-7-19-38/h1-11,14-23,25-32,34-35,51,55,57H,12-13,24,33H2/b49-25+,56-48+. The van der Waals surface area contributed by atoms with E-state index in [0.717, 1.165) is 48.4 Å². The van der Waals surface area contributed by atoms with Crippen molar-refractivity contribution < 1.29 is 4.74 Å². The molecule has 8 aromatic rings. The Bertz CT molecular complexity index is 2970. The summed E-state index contributed by atoms with van der Waals surface area (Å²) >= 11 is 1.87. The van der Waals surface area contributed by atoms with Crippen molar-refractivity contribution in [3.05, 3.63) is 222 Å². The lowest BCUT2D eigenvalue weighted by atomic mass is 9.80. The van der Waals surface area contributed by atoms with E-state index in [1.807, 2.05) is 11.3 Å². The van der Waals surface area contributed by atoms with Crippen molar-refractivity contribution >= 4 is 48.4 Å². The first-order valence-corrected chi connectivity index (χ1v) is 21.5. The highest BCUT2D eigenvalue weighted by molar-refractivity contribution is 7.25. The van der Waals surface area contributed by atoms with Gasteiger partial charge in [0.15, 0.2) is 0 Å². The Hall–Kier alpha value is -6.75. The van der Waals surface area contributed by atoms with Crippen molar-refractivity contribution in [2.75, 3.05) is 0 Å². The van der Waals surface area contributed by atoms with Crippen LogP contribution in [0.4, 0.5) is 0 Å². The van der Waals surface area contributed by atoms with Gasteiger partial charge in [0.05, 0.1) is 0 Å². The summed E-state index contributed by atoms with van der Waals surface area (Å²) in [7, 11) is 0. The van der Waals surface area contributed by atoms with Gasteiger partial charge in [0.2, 0.25) is 0 Å². The van der Waals surface area contributed by atoms with Crippen molar-refractivity contribution in [3.63, 3.8) is 0 Å². The summed E-state index contributed by atoms with van der Waals surface area (Å²) in [5, 5.41) is 6.64. The monoisotopic (exact) mass is 778 g/mol. The van der Waals surface area contributed by atoms with Crippen LogP contribution in [0.2, 0.25) is 0 Å². The van der Waals surface area contributed by atoms with Gasteiger partial charge in [-0.05, 0) is 99.7 Å². The van der Waals surface area contributed by atoms with E-state index in [1.165, 1.54) is 75.8 Å². The molecule has 59 heavy (non-hydrogen) atoms. The number of hydrogen-bond donors (Lipinski definition) is 1. The van der Waals surface area contributed by atoms with Gasteiger partial charge in [-0.3, -0.25) is 4.99 Å². The minimum absolute atomic E-state index is 0.119.